The van der Waals surface area contributed by atoms with E-state index in [1.165, 1.54) is 23.3 Å². The zero-order valence-corrected chi connectivity index (χ0v) is 12.3. The van der Waals surface area contributed by atoms with E-state index >= 15 is 0 Å². The Morgan fingerprint density at radius 1 is 1.40 bits per heavy atom. The van der Waals surface area contributed by atoms with Crippen LogP contribution in [-0.2, 0) is 19.4 Å². The standard InChI is InChI=1S/C15H19N3OS/c19-15(16-7-3-9-18-10-4-8-17-18)13-11-20-14-6-2-1-5-12(13)14/h4,8,10-11H,1-3,5-7,9H2,(H,16,19). The van der Waals surface area contributed by atoms with Crippen LogP contribution in [0.2, 0.25) is 0 Å². The molecular formula is C15H19N3OS. The van der Waals surface area contributed by atoms with Crippen LogP contribution in [0.5, 0.6) is 0 Å². The Morgan fingerprint density at radius 2 is 2.30 bits per heavy atom. The SMILES string of the molecule is O=C(NCCCn1cccn1)c1csc2c1CCCC2. The van der Waals surface area contributed by atoms with Crippen molar-refractivity contribution in [1.29, 1.82) is 0 Å². The Balaban J connectivity index is 1.50. The van der Waals surface area contributed by atoms with Gasteiger partial charge in [0.15, 0.2) is 0 Å². The Bertz CT molecular complexity index is 574. The molecule has 0 radical (unpaired) electrons. The third kappa shape index (κ3) is 2.93. The van der Waals surface area contributed by atoms with Crippen LogP contribution in [0.3, 0.4) is 0 Å². The summed E-state index contributed by atoms with van der Waals surface area (Å²) in [6.07, 6.45) is 9.30. The van der Waals surface area contributed by atoms with Gasteiger partial charge < -0.3 is 5.32 Å². The lowest BCUT2D eigenvalue weighted by molar-refractivity contribution is 0.0952. The largest absolute Gasteiger partial charge is 0.352 e. The van der Waals surface area contributed by atoms with Crippen LogP contribution >= 0.6 is 11.3 Å². The van der Waals surface area contributed by atoms with Crippen LogP contribution in [0.1, 0.15) is 40.1 Å². The molecule has 20 heavy (non-hydrogen) atoms. The molecule has 0 spiro atoms. The lowest BCUT2D eigenvalue weighted by atomic mass is 9.96. The third-order valence-corrected chi connectivity index (χ3v) is 4.80. The summed E-state index contributed by atoms with van der Waals surface area (Å²) in [5.74, 6) is 0.0878. The highest BCUT2D eigenvalue weighted by atomic mass is 32.1. The molecule has 0 atom stereocenters. The molecule has 1 aliphatic rings. The normalized spacial score (nSPS) is 14.0. The van der Waals surface area contributed by atoms with Crippen LogP contribution < -0.4 is 5.32 Å². The maximum Gasteiger partial charge on any atom is 0.252 e. The molecule has 3 rings (SSSR count). The Hall–Kier alpha value is -1.62. The maximum atomic E-state index is 12.2. The fourth-order valence-corrected chi connectivity index (χ4v) is 3.78. The summed E-state index contributed by atoms with van der Waals surface area (Å²) < 4.78 is 1.89. The summed E-state index contributed by atoms with van der Waals surface area (Å²) in [5, 5.41) is 9.20. The minimum atomic E-state index is 0.0878. The summed E-state index contributed by atoms with van der Waals surface area (Å²) in [4.78, 5) is 13.6. The molecule has 0 aliphatic heterocycles. The van der Waals surface area contributed by atoms with E-state index in [1.807, 2.05) is 22.3 Å². The number of hydrogen-bond acceptors (Lipinski definition) is 3. The smallest absolute Gasteiger partial charge is 0.252 e. The molecule has 2 heterocycles. The van der Waals surface area contributed by atoms with Crippen molar-refractivity contribution in [3.63, 3.8) is 0 Å². The second-order valence-electron chi connectivity index (χ2n) is 5.14. The van der Waals surface area contributed by atoms with E-state index in [0.29, 0.717) is 6.54 Å². The molecule has 0 saturated heterocycles. The maximum absolute atomic E-state index is 12.2. The molecule has 2 aromatic heterocycles. The van der Waals surface area contributed by atoms with Gasteiger partial charge in [-0.2, -0.15) is 5.10 Å². The van der Waals surface area contributed by atoms with E-state index in [4.69, 9.17) is 0 Å². The van der Waals surface area contributed by atoms with Gasteiger partial charge in [-0.3, -0.25) is 9.48 Å². The topological polar surface area (TPSA) is 46.9 Å². The highest BCUT2D eigenvalue weighted by Gasteiger charge is 2.19. The number of thiophene rings is 1. The molecule has 0 unspecified atom stereocenters. The molecular weight excluding hydrogens is 270 g/mol. The first-order chi connectivity index (χ1) is 9.84. The Labute approximate surface area is 122 Å². The number of nitrogens with one attached hydrogen (secondary N) is 1. The molecule has 0 fully saturated rings. The van der Waals surface area contributed by atoms with E-state index in [1.54, 1.807) is 17.5 Å². The van der Waals surface area contributed by atoms with Gasteiger partial charge in [-0.1, -0.05) is 0 Å². The number of rotatable bonds is 5. The number of carbonyl (C=O) groups is 1. The summed E-state index contributed by atoms with van der Waals surface area (Å²) in [6, 6.07) is 1.91. The number of fused-ring (bicyclic) bond motifs is 1. The first-order valence-electron chi connectivity index (χ1n) is 7.19. The van der Waals surface area contributed by atoms with Gasteiger partial charge in [0, 0.05) is 35.7 Å². The zero-order valence-electron chi connectivity index (χ0n) is 11.5. The van der Waals surface area contributed by atoms with Crippen molar-refractivity contribution in [3.8, 4) is 0 Å². The van der Waals surface area contributed by atoms with Crippen LogP contribution in [0.15, 0.2) is 23.8 Å². The van der Waals surface area contributed by atoms with Crippen molar-refractivity contribution in [2.75, 3.05) is 6.54 Å². The summed E-state index contributed by atoms with van der Waals surface area (Å²) >= 11 is 1.74. The summed E-state index contributed by atoms with van der Waals surface area (Å²) in [7, 11) is 0. The molecule has 1 amide bonds. The van der Waals surface area contributed by atoms with Crippen LogP contribution in [-0.4, -0.2) is 22.2 Å². The van der Waals surface area contributed by atoms with Crippen molar-refractivity contribution in [1.82, 2.24) is 15.1 Å². The highest BCUT2D eigenvalue weighted by molar-refractivity contribution is 7.10. The molecule has 106 valence electrons. The van der Waals surface area contributed by atoms with Gasteiger partial charge in [0.2, 0.25) is 0 Å². The Morgan fingerprint density at radius 3 is 3.15 bits per heavy atom. The van der Waals surface area contributed by atoms with Crippen LogP contribution in [0, 0.1) is 0 Å². The molecule has 0 bridgehead atoms. The van der Waals surface area contributed by atoms with Crippen molar-refractivity contribution in [3.05, 3.63) is 39.8 Å². The average Bonchev–Trinajstić information content (AvgIpc) is 3.12. The summed E-state index contributed by atoms with van der Waals surface area (Å²) in [6.45, 7) is 1.54. The number of nitrogens with zero attached hydrogens (tertiary/aromatic N) is 2. The molecule has 0 aromatic carbocycles. The van der Waals surface area contributed by atoms with Gasteiger partial charge in [-0.05, 0) is 43.7 Å². The third-order valence-electron chi connectivity index (χ3n) is 3.71. The predicted octanol–water partition coefficient (Wildman–Crippen LogP) is 2.64. The van der Waals surface area contributed by atoms with E-state index in [2.05, 4.69) is 10.4 Å². The quantitative estimate of drug-likeness (QED) is 0.860. The molecule has 2 aromatic rings. The second kappa shape index (κ2) is 6.22. The summed E-state index contributed by atoms with van der Waals surface area (Å²) in [5.41, 5.74) is 2.20. The second-order valence-corrected chi connectivity index (χ2v) is 6.10. The minimum absolute atomic E-state index is 0.0878. The molecule has 0 saturated carbocycles. The van der Waals surface area contributed by atoms with E-state index in [9.17, 15) is 4.79 Å². The zero-order chi connectivity index (χ0) is 13.8. The predicted molar refractivity (Wildman–Crippen MR) is 80.1 cm³/mol. The van der Waals surface area contributed by atoms with E-state index in [0.717, 1.165) is 31.4 Å². The van der Waals surface area contributed by atoms with Gasteiger partial charge in [-0.15, -0.1) is 11.3 Å². The van der Waals surface area contributed by atoms with Crippen molar-refractivity contribution in [2.45, 2.75) is 38.6 Å². The van der Waals surface area contributed by atoms with Crippen molar-refractivity contribution in [2.24, 2.45) is 0 Å². The number of amides is 1. The number of carbonyl (C=O) groups excluding carboxylic acids is 1. The molecule has 1 aliphatic carbocycles. The van der Waals surface area contributed by atoms with E-state index in [-0.39, 0.29) is 5.91 Å². The monoisotopic (exact) mass is 289 g/mol. The van der Waals surface area contributed by atoms with Crippen molar-refractivity contribution < 1.29 is 4.79 Å². The van der Waals surface area contributed by atoms with Gasteiger partial charge in [0.25, 0.3) is 5.91 Å². The van der Waals surface area contributed by atoms with Gasteiger partial charge in [0.1, 0.15) is 0 Å². The lowest BCUT2D eigenvalue weighted by Gasteiger charge is -2.12. The fourth-order valence-electron chi connectivity index (χ4n) is 2.66. The van der Waals surface area contributed by atoms with Crippen LogP contribution in [0.4, 0.5) is 0 Å². The Kier molecular flexibility index (Phi) is 4.16. The fraction of sp³-hybridized carbons (Fsp3) is 0.467. The molecule has 4 nitrogen and oxygen atoms in total. The van der Waals surface area contributed by atoms with Crippen molar-refractivity contribution >= 4 is 17.2 Å². The molecule has 1 N–H and O–H groups in total. The molecule has 5 heteroatoms. The van der Waals surface area contributed by atoms with Gasteiger partial charge in [-0.25, -0.2) is 0 Å². The van der Waals surface area contributed by atoms with Gasteiger partial charge >= 0.3 is 0 Å². The lowest BCUT2D eigenvalue weighted by Crippen LogP contribution is -2.26. The number of aromatic nitrogens is 2. The average molecular weight is 289 g/mol. The number of hydrogen-bond donors (Lipinski definition) is 1. The van der Waals surface area contributed by atoms with E-state index < -0.39 is 0 Å². The number of aryl methyl sites for hydroxylation is 2. The first-order valence-corrected chi connectivity index (χ1v) is 8.07. The highest BCUT2D eigenvalue weighted by Crippen LogP contribution is 2.30. The first kappa shape index (κ1) is 13.4. The minimum Gasteiger partial charge on any atom is -0.352 e. The van der Waals surface area contributed by atoms with Gasteiger partial charge in [0.05, 0.1) is 5.56 Å². The van der Waals surface area contributed by atoms with Crippen LogP contribution in [0.25, 0.3) is 0 Å².